The maximum absolute atomic E-state index is 12.4. The molecule has 1 aromatic carbocycles. The molecule has 2 aliphatic rings. The van der Waals surface area contributed by atoms with Crippen LogP contribution in [0, 0.1) is 13.8 Å². The molecule has 1 saturated heterocycles. The summed E-state index contributed by atoms with van der Waals surface area (Å²) < 4.78 is 0. The number of benzene rings is 1. The Morgan fingerprint density at radius 3 is 2.60 bits per heavy atom. The molecule has 2 amide bonds. The largest absolute Gasteiger partial charge is 0.326 e. The first-order valence-corrected chi connectivity index (χ1v) is 9.82. The standard InChI is InChI=1S/C19H25N3O2S/c1-12-7-6-8-13(2)17(12)21-16(23)11-15-18(24)22-19(25-15)20-14-9-4-3-5-10-14/h6-8,14-15H,3-5,9-11H2,1-2H3,(H,21,23)(H,20,22,24). The van der Waals surface area contributed by atoms with E-state index in [-0.39, 0.29) is 18.2 Å². The van der Waals surface area contributed by atoms with Crippen LogP contribution in [-0.4, -0.2) is 28.3 Å². The van der Waals surface area contributed by atoms with Crippen LogP contribution in [-0.2, 0) is 9.59 Å². The quantitative estimate of drug-likeness (QED) is 0.864. The first-order valence-electron chi connectivity index (χ1n) is 8.94. The van der Waals surface area contributed by atoms with Crippen LogP contribution in [0.2, 0.25) is 0 Å². The lowest BCUT2D eigenvalue weighted by Gasteiger charge is -2.17. The summed E-state index contributed by atoms with van der Waals surface area (Å²) in [4.78, 5) is 29.2. The smallest absolute Gasteiger partial charge is 0.240 e. The monoisotopic (exact) mass is 359 g/mol. The molecule has 25 heavy (non-hydrogen) atoms. The van der Waals surface area contributed by atoms with Gasteiger partial charge in [-0.05, 0) is 37.8 Å². The number of carbonyl (C=O) groups is 2. The van der Waals surface area contributed by atoms with Gasteiger partial charge in [0.25, 0.3) is 0 Å². The molecule has 0 radical (unpaired) electrons. The minimum Gasteiger partial charge on any atom is -0.326 e. The first-order chi connectivity index (χ1) is 12.0. The van der Waals surface area contributed by atoms with Gasteiger partial charge < -0.3 is 10.6 Å². The second-order valence-corrected chi connectivity index (χ2v) is 8.03. The second-order valence-electron chi connectivity index (χ2n) is 6.84. The van der Waals surface area contributed by atoms with E-state index < -0.39 is 5.25 Å². The molecule has 0 aromatic heterocycles. The van der Waals surface area contributed by atoms with Gasteiger partial charge in [0.2, 0.25) is 11.8 Å². The van der Waals surface area contributed by atoms with E-state index in [0.717, 1.165) is 29.7 Å². The van der Waals surface area contributed by atoms with Crippen molar-refractivity contribution in [1.82, 2.24) is 5.32 Å². The summed E-state index contributed by atoms with van der Waals surface area (Å²) in [7, 11) is 0. The van der Waals surface area contributed by atoms with Gasteiger partial charge in [0.05, 0.1) is 6.04 Å². The molecule has 5 nitrogen and oxygen atoms in total. The number of nitrogens with zero attached hydrogens (tertiary/aromatic N) is 1. The third-order valence-corrected chi connectivity index (χ3v) is 5.86. The van der Waals surface area contributed by atoms with Crippen molar-refractivity contribution in [1.29, 1.82) is 0 Å². The summed E-state index contributed by atoms with van der Waals surface area (Å²) in [5.74, 6) is -0.250. The lowest BCUT2D eigenvalue weighted by Crippen LogP contribution is -2.28. The van der Waals surface area contributed by atoms with Crippen LogP contribution >= 0.6 is 11.8 Å². The van der Waals surface area contributed by atoms with Crippen molar-refractivity contribution in [3.63, 3.8) is 0 Å². The summed E-state index contributed by atoms with van der Waals surface area (Å²) in [6.07, 6.45) is 6.05. The number of anilines is 1. The number of carbonyl (C=O) groups excluding carboxylic acids is 2. The average molecular weight is 359 g/mol. The zero-order valence-corrected chi connectivity index (χ0v) is 15.6. The summed E-state index contributed by atoms with van der Waals surface area (Å²) >= 11 is 1.39. The van der Waals surface area contributed by atoms with E-state index in [2.05, 4.69) is 15.6 Å². The SMILES string of the molecule is Cc1cccc(C)c1NC(=O)CC1SC(=NC2CCCCC2)NC1=O. The van der Waals surface area contributed by atoms with E-state index in [1.54, 1.807) is 0 Å². The number of thioether (sulfide) groups is 1. The Hall–Kier alpha value is -1.82. The molecule has 2 fully saturated rings. The number of amidine groups is 1. The van der Waals surface area contributed by atoms with Gasteiger partial charge in [-0.3, -0.25) is 14.6 Å². The van der Waals surface area contributed by atoms with Crippen LogP contribution in [0.15, 0.2) is 23.2 Å². The highest BCUT2D eigenvalue weighted by molar-refractivity contribution is 8.15. The fourth-order valence-electron chi connectivity index (χ4n) is 3.35. The predicted molar refractivity (Wildman–Crippen MR) is 103 cm³/mol. The predicted octanol–water partition coefficient (Wildman–Crippen LogP) is 3.55. The topological polar surface area (TPSA) is 70.6 Å². The fourth-order valence-corrected chi connectivity index (χ4v) is 4.39. The van der Waals surface area contributed by atoms with Gasteiger partial charge >= 0.3 is 0 Å². The van der Waals surface area contributed by atoms with Crippen molar-refractivity contribution in [3.8, 4) is 0 Å². The van der Waals surface area contributed by atoms with E-state index in [0.29, 0.717) is 11.2 Å². The van der Waals surface area contributed by atoms with Crippen molar-refractivity contribution in [2.75, 3.05) is 5.32 Å². The Labute approximate surface area is 153 Å². The number of hydrogen-bond acceptors (Lipinski definition) is 4. The first kappa shape index (κ1) is 18.0. The zero-order valence-electron chi connectivity index (χ0n) is 14.8. The number of aliphatic imine (C=N–C) groups is 1. The zero-order chi connectivity index (χ0) is 17.8. The molecule has 1 unspecified atom stereocenters. The van der Waals surface area contributed by atoms with Crippen LogP contribution in [0.25, 0.3) is 0 Å². The van der Waals surface area contributed by atoms with Crippen molar-refractivity contribution in [3.05, 3.63) is 29.3 Å². The molecule has 1 atom stereocenters. The number of nitrogens with one attached hydrogen (secondary N) is 2. The van der Waals surface area contributed by atoms with E-state index in [1.807, 2.05) is 32.0 Å². The van der Waals surface area contributed by atoms with E-state index in [4.69, 9.17) is 0 Å². The third kappa shape index (κ3) is 4.63. The number of hydrogen-bond donors (Lipinski definition) is 2. The van der Waals surface area contributed by atoms with E-state index in [1.165, 1.54) is 31.0 Å². The van der Waals surface area contributed by atoms with Gasteiger partial charge in [-0.2, -0.15) is 0 Å². The molecule has 0 spiro atoms. The van der Waals surface area contributed by atoms with Crippen molar-refractivity contribution in [2.45, 2.75) is 63.7 Å². The minimum absolute atomic E-state index is 0.115. The van der Waals surface area contributed by atoms with Gasteiger partial charge in [-0.25, -0.2) is 0 Å². The maximum Gasteiger partial charge on any atom is 0.240 e. The summed E-state index contributed by atoms with van der Waals surface area (Å²) in [6, 6.07) is 6.22. The van der Waals surface area contributed by atoms with E-state index in [9.17, 15) is 9.59 Å². The highest BCUT2D eigenvalue weighted by atomic mass is 32.2. The maximum atomic E-state index is 12.4. The Balaban J connectivity index is 1.58. The number of amides is 2. The van der Waals surface area contributed by atoms with Crippen LogP contribution in [0.3, 0.4) is 0 Å². The molecular formula is C19H25N3O2S. The van der Waals surface area contributed by atoms with Gasteiger partial charge in [0, 0.05) is 12.1 Å². The van der Waals surface area contributed by atoms with Gasteiger partial charge in [-0.1, -0.05) is 49.2 Å². The van der Waals surface area contributed by atoms with Crippen LogP contribution in [0.5, 0.6) is 0 Å². The second kappa shape index (κ2) is 8.04. The Morgan fingerprint density at radius 2 is 1.92 bits per heavy atom. The molecule has 1 aliphatic carbocycles. The normalized spacial score (nSPS) is 22.9. The molecule has 1 saturated carbocycles. The molecular weight excluding hydrogens is 334 g/mol. The van der Waals surface area contributed by atoms with E-state index >= 15 is 0 Å². The van der Waals surface area contributed by atoms with Gasteiger partial charge in [0.15, 0.2) is 5.17 Å². The number of aryl methyl sites for hydroxylation is 2. The molecule has 2 N–H and O–H groups in total. The highest BCUT2D eigenvalue weighted by Gasteiger charge is 2.32. The Bertz CT molecular complexity index is 676. The van der Waals surface area contributed by atoms with Crippen molar-refractivity contribution >= 4 is 34.4 Å². The lowest BCUT2D eigenvalue weighted by atomic mass is 9.96. The van der Waals surface area contributed by atoms with Crippen molar-refractivity contribution in [2.24, 2.45) is 4.99 Å². The summed E-state index contributed by atoms with van der Waals surface area (Å²) in [5, 5.41) is 6.07. The van der Waals surface area contributed by atoms with Gasteiger partial charge in [0.1, 0.15) is 5.25 Å². The van der Waals surface area contributed by atoms with Crippen LogP contribution in [0.4, 0.5) is 5.69 Å². The molecule has 1 heterocycles. The molecule has 0 bridgehead atoms. The van der Waals surface area contributed by atoms with Crippen LogP contribution < -0.4 is 10.6 Å². The Kier molecular flexibility index (Phi) is 5.78. The highest BCUT2D eigenvalue weighted by Crippen LogP contribution is 2.27. The average Bonchev–Trinajstić information content (AvgIpc) is 2.91. The minimum atomic E-state index is -0.397. The fraction of sp³-hybridized carbons (Fsp3) is 0.526. The molecule has 1 aromatic rings. The summed E-state index contributed by atoms with van der Waals surface area (Å²) in [6.45, 7) is 3.93. The molecule has 1 aliphatic heterocycles. The summed E-state index contributed by atoms with van der Waals surface area (Å²) in [5.41, 5.74) is 2.89. The molecule has 6 heteroatoms. The van der Waals surface area contributed by atoms with Crippen molar-refractivity contribution < 1.29 is 9.59 Å². The third-order valence-electron chi connectivity index (χ3n) is 4.77. The van der Waals surface area contributed by atoms with Gasteiger partial charge in [-0.15, -0.1) is 0 Å². The molecule has 3 rings (SSSR count). The number of para-hydroxylation sites is 1. The molecule has 134 valence electrons. The lowest BCUT2D eigenvalue weighted by molar-refractivity contribution is -0.122. The Morgan fingerprint density at radius 1 is 1.24 bits per heavy atom. The number of rotatable bonds is 4. The van der Waals surface area contributed by atoms with Crippen LogP contribution in [0.1, 0.15) is 49.7 Å².